The molecule has 0 spiro atoms. The Morgan fingerprint density at radius 1 is 0.457 bits per heavy atom. The lowest BCUT2D eigenvalue weighted by Gasteiger charge is -2.22. The Balaban J connectivity index is 1.07. The molecule has 3 heteroatoms. The monoisotopic (exact) mass is 589 g/mol. The van der Waals surface area contributed by atoms with Crippen LogP contribution in [0, 0.1) is 0 Å². The third-order valence-corrected chi connectivity index (χ3v) is 9.76. The Kier molecular flexibility index (Phi) is 5.85. The second-order valence-electron chi connectivity index (χ2n) is 12.7. The predicted octanol–water partition coefficient (Wildman–Crippen LogP) is 10.9. The lowest BCUT2D eigenvalue weighted by atomic mass is 9.81. The Labute approximate surface area is 268 Å². The van der Waals surface area contributed by atoms with Gasteiger partial charge in [-0.3, -0.25) is 0 Å². The Bertz CT molecular complexity index is 2420. The summed E-state index contributed by atoms with van der Waals surface area (Å²) >= 11 is 0. The van der Waals surface area contributed by atoms with E-state index in [2.05, 4.69) is 162 Å². The number of nitrogens with zero attached hydrogens (tertiary/aromatic N) is 3. The van der Waals surface area contributed by atoms with E-state index < -0.39 is 0 Å². The van der Waals surface area contributed by atoms with Crippen molar-refractivity contribution in [3.63, 3.8) is 0 Å². The minimum atomic E-state index is -0.00514. The van der Waals surface area contributed by atoms with Crippen LogP contribution in [0.4, 0.5) is 0 Å². The van der Waals surface area contributed by atoms with Crippen molar-refractivity contribution in [3.8, 4) is 50.5 Å². The highest BCUT2D eigenvalue weighted by molar-refractivity contribution is 6.10. The van der Waals surface area contributed by atoms with Crippen LogP contribution in [0.1, 0.15) is 25.0 Å². The van der Waals surface area contributed by atoms with E-state index in [1.165, 1.54) is 66.3 Å². The molecular formula is C43H31N3. The van der Waals surface area contributed by atoms with Gasteiger partial charge in [-0.1, -0.05) is 98.8 Å². The first kappa shape index (κ1) is 26.6. The van der Waals surface area contributed by atoms with Crippen molar-refractivity contribution >= 4 is 21.8 Å². The molecule has 1 aliphatic carbocycles. The van der Waals surface area contributed by atoms with Gasteiger partial charge in [-0.15, -0.1) is 0 Å². The largest absolute Gasteiger partial charge is 0.309 e. The predicted molar refractivity (Wildman–Crippen MR) is 190 cm³/mol. The second-order valence-corrected chi connectivity index (χ2v) is 12.7. The van der Waals surface area contributed by atoms with E-state index in [0.29, 0.717) is 0 Å². The molecule has 0 radical (unpaired) electrons. The summed E-state index contributed by atoms with van der Waals surface area (Å²) in [5.41, 5.74) is 14.9. The van der Waals surface area contributed by atoms with E-state index in [-0.39, 0.29) is 5.41 Å². The lowest BCUT2D eigenvalue weighted by molar-refractivity contribution is 0.660. The summed E-state index contributed by atoms with van der Waals surface area (Å²) in [6, 6.07) is 50.7. The number of benzene rings is 6. The topological polar surface area (TPSA) is 30.7 Å². The molecule has 0 aliphatic heterocycles. The summed E-state index contributed by atoms with van der Waals surface area (Å²) in [4.78, 5) is 8.82. The van der Waals surface area contributed by atoms with Gasteiger partial charge in [-0.2, -0.15) is 0 Å². The molecule has 0 atom stereocenters. The van der Waals surface area contributed by atoms with E-state index in [9.17, 15) is 0 Å². The van der Waals surface area contributed by atoms with Crippen molar-refractivity contribution in [3.05, 3.63) is 163 Å². The summed E-state index contributed by atoms with van der Waals surface area (Å²) < 4.78 is 2.35. The molecule has 2 heterocycles. The van der Waals surface area contributed by atoms with E-state index >= 15 is 0 Å². The third kappa shape index (κ3) is 4.05. The average Bonchev–Trinajstić information content (AvgIpc) is 3.57. The third-order valence-electron chi connectivity index (χ3n) is 9.76. The molecule has 1 aliphatic rings. The summed E-state index contributed by atoms with van der Waals surface area (Å²) in [5, 5.41) is 2.49. The molecule has 2 aromatic heterocycles. The number of rotatable bonds is 4. The summed E-state index contributed by atoms with van der Waals surface area (Å²) in [6.45, 7) is 4.68. The average molecular weight is 590 g/mol. The number of hydrogen-bond donors (Lipinski definition) is 0. The summed E-state index contributed by atoms with van der Waals surface area (Å²) in [7, 11) is 0. The van der Waals surface area contributed by atoms with Crippen molar-refractivity contribution in [1.29, 1.82) is 0 Å². The van der Waals surface area contributed by atoms with Crippen LogP contribution in [0.5, 0.6) is 0 Å². The number of para-hydroxylation sites is 1. The van der Waals surface area contributed by atoms with E-state index in [4.69, 9.17) is 0 Å². The van der Waals surface area contributed by atoms with Crippen molar-refractivity contribution in [2.45, 2.75) is 19.3 Å². The lowest BCUT2D eigenvalue weighted by Crippen LogP contribution is -2.14. The summed E-state index contributed by atoms with van der Waals surface area (Å²) in [6.07, 6.45) is 3.56. The van der Waals surface area contributed by atoms with E-state index in [1.54, 1.807) is 12.4 Å². The fourth-order valence-corrected chi connectivity index (χ4v) is 7.38. The van der Waals surface area contributed by atoms with Gasteiger partial charge in [0.15, 0.2) is 5.82 Å². The highest BCUT2D eigenvalue weighted by atomic mass is 15.0. The molecular weight excluding hydrogens is 558 g/mol. The fourth-order valence-electron chi connectivity index (χ4n) is 7.38. The molecule has 0 saturated heterocycles. The summed E-state index contributed by atoms with van der Waals surface area (Å²) in [5.74, 6) is 0.734. The molecule has 0 N–H and O–H groups in total. The number of fused-ring (bicyclic) bond motifs is 6. The zero-order valence-electron chi connectivity index (χ0n) is 25.8. The minimum Gasteiger partial charge on any atom is -0.309 e. The molecule has 8 aromatic rings. The van der Waals surface area contributed by atoms with Crippen molar-refractivity contribution in [2.24, 2.45) is 0 Å². The van der Waals surface area contributed by atoms with Crippen LogP contribution in [0.15, 0.2) is 152 Å². The van der Waals surface area contributed by atoms with Gasteiger partial charge in [0.2, 0.25) is 0 Å². The van der Waals surface area contributed by atoms with Crippen LogP contribution >= 0.6 is 0 Å². The standard InChI is InChI=1S/C43H31N3/c1-43(2)38-10-5-3-8-34(38)35-22-18-32(27-39(35)43)29-14-12-28(13-15-29)31-19-23-41-37(26-31)36-9-4-6-11-40(36)46(41)33-20-16-30(17-21-33)42-44-24-7-25-45-42/h3-27H,1-2H3. The number of hydrogen-bond acceptors (Lipinski definition) is 2. The molecule has 0 saturated carbocycles. The number of aromatic nitrogens is 3. The van der Waals surface area contributed by atoms with Gasteiger partial charge in [-0.25, -0.2) is 9.97 Å². The molecule has 0 bridgehead atoms. The molecule has 0 unspecified atom stereocenters. The first-order valence-corrected chi connectivity index (χ1v) is 15.8. The van der Waals surface area contributed by atoms with Gasteiger partial charge in [0, 0.05) is 39.8 Å². The van der Waals surface area contributed by atoms with Crippen LogP contribution < -0.4 is 0 Å². The maximum Gasteiger partial charge on any atom is 0.159 e. The quantitative estimate of drug-likeness (QED) is 0.204. The molecule has 46 heavy (non-hydrogen) atoms. The van der Waals surface area contributed by atoms with Crippen molar-refractivity contribution in [1.82, 2.24) is 14.5 Å². The Hall–Kier alpha value is -5.80. The van der Waals surface area contributed by atoms with E-state index in [0.717, 1.165) is 17.1 Å². The highest BCUT2D eigenvalue weighted by Gasteiger charge is 2.35. The van der Waals surface area contributed by atoms with Crippen LogP contribution in [-0.4, -0.2) is 14.5 Å². The fraction of sp³-hybridized carbons (Fsp3) is 0.0698. The van der Waals surface area contributed by atoms with Gasteiger partial charge < -0.3 is 4.57 Å². The normalized spacial score (nSPS) is 13.2. The minimum absolute atomic E-state index is 0.00514. The van der Waals surface area contributed by atoms with Gasteiger partial charge >= 0.3 is 0 Å². The van der Waals surface area contributed by atoms with E-state index in [1.807, 2.05) is 6.07 Å². The molecule has 218 valence electrons. The second kappa shape index (κ2) is 10.1. The zero-order chi connectivity index (χ0) is 30.8. The van der Waals surface area contributed by atoms with Crippen molar-refractivity contribution in [2.75, 3.05) is 0 Å². The van der Waals surface area contributed by atoms with Gasteiger partial charge in [0.25, 0.3) is 0 Å². The smallest absolute Gasteiger partial charge is 0.159 e. The van der Waals surface area contributed by atoms with Crippen molar-refractivity contribution < 1.29 is 0 Å². The first-order valence-electron chi connectivity index (χ1n) is 15.8. The van der Waals surface area contributed by atoms with Gasteiger partial charge in [-0.05, 0) is 99.1 Å². The maximum atomic E-state index is 4.41. The molecule has 3 nitrogen and oxygen atoms in total. The zero-order valence-corrected chi connectivity index (χ0v) is 25.8. The molecule has 0 amide bonds. The maximum absolute atomic E-state index is 4.41. The van der Waals surface area contributed by atoms with Crippen LogP contribution in [0.3, 0.4) is 0 Å². The Morgan fingerprint density at radius 3 is 1.83 bits per heavy atom. The first-order chi connectivity index (χ1) is 22.6. The van der Waals surface area contributed by atoms with Crippen LogP contribution in [0.25, 0.3) is 72.3 Å². The molecule has 6 aromatic carbocycles. The van der Waals surface area contributed by atoms with Crippen LogP contribution in [0.2, 0.25) is 0 Å². The highest BCUT2D eigenvalue weighted by Crippen LogP contribution is 2.49. The molecule has 9 rings (SSSR count). The Morgan fingerprint density at radius 2 is 1.04 bits per heavy atom. The van der Waals surface area contributed by atoms with Gasteiger partial charge in [0.05, 0.1) is 11.0 Å². The van der Waals surface area contributed by atoms with Gasteiger partial charge in [0.1, 0.15) is 0 Å². The SMILES string of the molecule is CC1(C)c2ccccc2-c2ccc(-c3ccc(-c4ccc5c(c4)c4ccccc4n5-c4ccc(-c5ncccn5)cc4)cc3)cc21. The molecule has 0 fully saturated rings. The van der Waals surface area contributed by atoms with Crippen LogP contribution in [-0.2, 0) is 5.41 Å².